The number of allylic oxidation sites excluding steroid dienone is 2. The molecule has 0 aliphatic heterocycles. The Morgan fingerprint density at radius 3 is 2.05 bits per heavy atom. The van der Waals surface area contributed by atoms with Crippen molar-refractivity contribution in [3.8, 4) is 32.8 Å². The first-order valence-electron chi connectivity index (χ1n) is 20.7. The van der Waals surface area contributed by atoms with Gasteiger partial charge in [-0.05, 0) is 96.6 Å². The first-order valence-corrected chi connectivity index (χ1v) is 21.5. The molecule has 6 rings (SSSR count). The number of rotatable bonds is 12. The number of aromatic nitrogens is 1. The molecule has 2 aromatic heterocycles. The molecule has 0 atom stereocenters. The molecule has 1 N–H and O–H groups in total. The summed E-state index contributed by atoms with van der Waals surface area (Å²) in [5.41, 5.74) is 11.5. The maximum Gasteiger partial charge on any atom is 0.162 e. The van der Waals surface area contributed by atoms with Crippen LogP contribution >= 0.6 is 11.3 Å². The molecule has 0 saturated carbocycles. The average Bonchev–Trinajstić information content (AvgIpc) is 3.51. The van der Waals surface area contributed by atoms with E-state index in [9.17, 15) is 9.90 Å². The predicted octanol–water partition coefficient (Wildman–Crippen LogP) is 15.4. The van der Waals surface area contributed by atoms with Gasteiger partial charge in [-0.3, -0.25) is 9.78 Å². The van der Waals surface area contributed by atoms with Crippen LogP contribution in [0.5, 0.6) is 0 Å². The number of aryl methyl sites for hydroxylation is 2. The summed E-state index contributed by atoms with van der Waals surface area (Å²) in [5, 5.41) is 13.5. The van der Waals surface area contributed by atoms with Gasteiger partial charge in [-0.25, -0.2) is 0 Å². The van der Waals surface area contributed by atoms with Gasteiger partial charge in [0.25, 0.3) is 0 Å². The maximum atomic E-state index is 11.7. The summed E-state index contributed by atoms with van der Waals surface area (Å²) in [6.45, 7) is 24.0. The van der Waals surface area contributed by atoms with Crippen LogP contribution in [0.25, 0.3) is 53.7 Å². The third kappa shape index (κ3) is 11.0. The van der Waals surface area contributed by atoms with Crippen LogP contribution in [-0.4, -0.2) is 15.9 Å². The summed E-state index contributed by atoms with van der Waals surface area (Å²) < 4.78 is 1.24. The fourth-order valence-corrected chi connectivity index (χ4v) is 9.13. The number of nitrogens with zero attached hydrogens (tertiary/aromatic N) is 1. The number of pyridine rings is 1. The molecule has 0 fully saturated rings. The molecule has 0 aliphatic carbocycles. The number of carbonyl (C=O) groups excluding carboxylic acids is 1. The third-order valence-electron chi connectivity index (χ3n) is 11.0. The number of aliphatic hydroxyl groups excluding tert-OH is 1. The van der Waals surface area contributed by atoms with Gasteiger partial charge in [-0.2, -0.15) is 0 Å². The van der Waals surface area contributed by atoms with E-state index in [2.05, 4.69) is 133 Å². The van der Waals surface area contributed by atoms with E-state index >= 15 is 0 Å². The molecule has 0 unspecified atom stereocenters. The molecule has 0 amide bonds. The number of aliphatic hydroxyl groups is 1. The van der Waals surface area contributed by atoms with Crippen LogP contribution < -0.4 is 0 Å². The van der Waals surface area contributed by atoms with Gasteiger partial charge in [0, 0.05) is 59.5 Å². The van der Waals surface area contributed by atoms with Crippen LogP contribution in [0.3, 0.4) is 0 Å². The fraction of sp³-hybridized carbons (Fsp3) is 0.385. The van der Waals surface area contributed by atoms with E-state index < -0.39 is 0 Å². The first kappa shape index (κ1) is 45.8. The number of benzene rings is 4. The Kier molecular flexibility index (Phi) is 16.2. The van der Waals surface area contributed by atoms with Crippen molar-refractivity contribution in [1.29, 1.82) is 0 Å². The van der Waals surface area contributed by atoms with Gasteiger partial charge in [-0.1, -0.05) is 139 Å². The molecule has 5 heteroatoms. The molecule has 57 heavy (non-hydrogen) atoms. The van der Waals surface area contributed by atoms with E-state index in [1.165, 1.54) is 65.4 Å². The largest absolute Gasteiger partial charge is 0.512 e. The Hall–Kier alpha value is -3.89. The zero-order valence-electron chi connectivity index (χ0n) is 36.0. The van der Waals surface area contributed by atoms with Crippen LogP contribution in [-0.2, 0) is 31.3 Å². The van der Waals surface area contributed by atoms with Gasteiger partial charge in [0.2, 0.25) is 0 Å². The molecule has 4 aromatic carbocycles. The second kappa shape index (κ2) is 20.2. The Morgan fingerprint density at radius 1 is 0.842 bits per heavy atom. The van der Waals surface area contributed by atoms with E-state index in [-0.39, 0.29) is 48.9 Å². The van der Waals surface area contributed by atoms with Crippen molar-refractivity contribution in [2.24, 2.45) is 17.3 Å². The predicted molar refractivity (Wildman–Crippen MR) is 243 cm³/mol. The molecule has 0 bridgehead atoms. The van der Waals surface area contributed by atoms with Gasteiger partial charge < -0.3 is 5.11 Å². The molecule has 0 aliphatic rings. The van der Waals surface area contributed by atoms with Crippen LogP contribution in [0.1, 0.15) is 116 Å². The van der Waals surface area contributed by atoms with Crippen molar-refractivity contribution in [3.63, 3.8) is 0 Å². The van der Waals surface area contributed by atoms with Crippen molar-refractivity contribution in [2.75, 3.05) is 0 Å². The number of ketones is 1. The zero-order chi connectivity index (χ0) is 40.7. The second-order valence-corrected chi connectivity index (χ2v) is 17.9. The number of thiophene rings is 1. The standard InChI is InChI=1S/C39H38NS.C13H24O2.Ir/c1-24(2)33-22-31(21-30-19-25(3)20-34(35(30)33)28-11-9-8-10-12-28)36-38-32(17-18-40-36)26(4)37(41-38)29-15-13-27(14-16-29)23-39(5,6)7;1-5-10(6-2)12(14)9-13(15)11(7-3)8-4;/h8-20,22,24H,23H2,1-7H3;9-11,14H,5-8H2,1-4H3;/q-1;;/b;12-9-;. The van der Waals surface area contributed by atoms with Crippen molar-refractivity contribution < 1.29 is 30.0 Å². The van der Waals surface area contributed by atoms with Crippen LogP contribution in [0.15, 0.2) is 96.9 Å². The summed E-state index contributed by atoms with van der Waals surface area (Å²) in [5.74, 6) is 0.911. The van der Waals surface area contributed by atoms with Crippen molar-refractivity contribution in [1.82, 2.24) is 4.98 Å². The van der Waals surface area contributed by atoms with Gasteiger partial charge >= 0.3 is 0 Å². The molecule has 0 spiro atoms. The van der Waals surface area contributed by atoms with E-state index in [1.807, 2.05) is 45.2 Å². The summed E-state index contributed by atoms with van der Waals surface area (Å²) >= 11 is 1.86. The monoisotopic (exact) mass is 957 g/mol. The van der Waals surface area contributed by atoms with Crippen molar-refractivity contribution in [2.45, 2.75) is 114 Å². The minimum absolute atomic E-state index is 0. The summed E-state index contributed by atoms with van der Waals surface area (Å²) in [6.07, 6.45) is 7.95. The number of hydrogen-bond donors (Lipinski definition) is 1. The van der Waals surface area contributed by atoms with Crippen molar-refractivity contribution in [3.05, 3.63) is 125 Å². The molecule has 0 saturated heterocycles. The van der Waals surface area contributed by atoms with Crippen LogP contribution in [0.4, 0.5) is 0 Å². The van der Waals surface area contributed by atoms with E-state index in [1.54, 1.807) is 0 Å². The summed E-state index contributed by atoms with van der Waals surface area (Å²) in [4.78, 5) is 18.0. The summed E-state index contributed by atoms with van der Waals surface area (Å²) in [6, 6.07) is 32.8. The topological polar surface area (TPSA) is 50.2 Å². The fourth-order valence-electron chi connectivity index (χ4n) is 7.81. The van der Waals surface area contributed by atoms with E-state index in [0.29, 0.717) is 5.92 Å². The van der Waals surface area contributed by atoms with Gasteiger partial charge in [0.15, 0.2) is 5.78 Å². The van der Waals surface area contributed by atoms with E-state index in [0.717, 1.165) is 48.7 Å². The quantitative estimate of drug-likeness (QED) is 0.0755. The second-order valence-electron chi connectivity index (χ2n) is 16.9. The normalized spacial score (nSPS) is 12.0. The Labute approximate surface area is 360 Å². The average molecular weight is 957 g/mol. The molecule has 303 valence electrons. The number of fused-ring (bicyclic) bond motifs is 2. The minimum atomic E-state index is 0. The number of carbonyl (C=O) groups is 1. The Bertz CT molecular complexity index is 2290. The Morgan fingerprint density at radius 2 is 1.47 bits per heavy atom. The molecule has 2 heterocycles. The van der Waals surface area contributed by atoms with Crippen LogP contribution in [0.2, 0.25) is 0 Å². The van der Waals surface area contributed by atoms with Gasteiger partial charge in [-0.15, -0.1) is 40.5 Å². The molecular formula is C52H62IrNO2S-. The molecular weight excluding hydrogens is 895 g/mol. The van der Waals surface area contributed by atoms with E-state index in [4.69, 9.17) is 4.98 Å². The number of hydrogen-bond acceptors (Lipinski definition) is 4. The zero-order valence-corrected chi connectivity index (χ0v) is 39.2. The third-order valence-corrected chi connectivity index (χ3v) is 12.4. The first-order chi connectivity index (χ1) is 26.7. The molecule has 3 nitrogen and oxygen atoms in total. The summed E-state index contributed by atoms with van der Waals surface area (Å²) in [7, 11) is 0. The molecule has 6 aromatic rings. The smallest absolute Gasteiger partial charge is 0.162 e. The van der Waals surface area contributed by atoms with Crippen LogP contribution in [0, 0.1) is 37.2 Å². The SMILES string of the molecule is CCC(CC)C(=O)/C=C(\O)C(CC)CC.Cc1cc(-c2ccccc2)c2c(C(C)C)cc(-c3nccc4c(C)c(-c5ccc(CC(C)(C)C)cc5)sc34)[c-]c2c1.[Ir]. The van der Waals surface area contributed by atoms with Gasteiger partial charge in [0.05, 0.1) is 5.76 Å². The van der Waals surface area contributed by atoms with Gasteiger partial charge in [0.1, 0.15) is 0 Å². The van der Waals surface area contributed by atoms with Crippen molar-refractivity contribution >= 4 is 38.0 Å². The maximum absolute atomic E-state index is 11.7. The minimum Gasteiger partial charge on any atom is -0.512 e. The molecule has 1 radical (unpaired) electrons. The Balaban J connectivity index is 0.000000385.